The second kappa shape index (κ2) is 10.5. The summed E-state index contributed by atoms with van der Waals surface area (Å²) in [7, 11) is 0. The third kappa shape index (κ3) is 6.72. The molecule has 0 aromatic heterocycles. The summed E-state index contributed by atoms with van der Waals surface area (Å²) in [6.07, 6.45) is 13.5. The summed E-state index contributed by atoms with van der Waals surface area (Å²) in [5, 5.41) is 3.58. The number of rotatable bonds is 10. The van der Waals surface area contributed by atoms with E-state index in [-0.39, 0.29) is 0 Å². The van der Waals surface area contributed by atoms with Gasteiger partial charge in [0.1, 0.15) is 5.75 Å². The summed E-state index contributed by atoms with van der Waals surface area (Å²) in [5.74, 6) is 1.87. The van der Waals surface area contributed by atoms with Crippen molar-refractivity contribution in [1.82, 2.24) is 0 Å². The fraction of sp³-hybridized carbons (Fsp3) is 0.700. The van der Waals surface area contributed by atoms with Gasteiger partial charge in [-0.2, -0.15) is 0 Å². The van der Waals surface area contributed by atoms with Gasteiger partial charge in [0, 0.05) is 12.2 Å². The molecule has 0 amide bonds. The molecule has 0 saturated heterocycles. The SMILES string of the molecule is CCCCCCCOc1ccc(NCC2CCCCC2)cc1. The zero-order chi connectivity index (χ0) is 15.5. The van der Waals surface area contributed by atoms with Crippen LogP contribution >= 0.6 is 0 Å². The van der Waals surface area contributed by atoms with Gasteiger partial charge in [-0.05, 0) is 49.4 Å². The Morgan fingerprint density at radius 3 is 2.41 bits per heavy atom. The summed E-state index contributed by atoms with van der Waals surface area (Å²) in [5.41, 5.74) is 1.22. The van der Waals surface area contributed by atoms with E-state index in [0.29, 0.717) is 0 Å². The fourth-order valence-electron chi connectivity index (χ4n) is 3.22. The Morgan fingerprint density at radius 2 is 1.68 bits per heavy atom. The molecule has 1 aliphatic carbocycles. The molecular formula is C20H33NO. The van der Waals surface area contributed by atoms with E-state index in [4.69, 9.17) is 4.74 Å². The molecule has 1 N–H and O–H groups in total. The summed E-state index contributed by atoms with van der Waals surface area (Å²) >= 11 is 0. The van der Waals surface area contributed by atoms with Gasteiger partial charge in [-0.25, -0.2) is 0 Å². The van der Waals surface area contributed by atoms with E-state index < -0.39 is 0 Å². The molecule has 1 aromatic carbocycles. The minimum Gasteiger partial charge on any atom is -0.494 e. The molecule has 1 aromatic rings. The lowest BCUT2D eigenvalue weighted by Gasteiger charge is -2.22. The van der Waals surface area contributed by atoms with E-state index >= 15 is 0 Å². The maximum Gasteiger partial charge on any atom is 0.119 e. The normalized spacial score (nSPS) is 15.7. The minimum atomic E-state index is 0.846. The number of nitrogens with one attached hydrogen (secondary N) is 1. The van der Waals surface area contributed by atoms with Crippen LogP contribution in [0, 0.1) is 5.92 Å². The van der Waals surface area contributed by atoms with Crippen LogP contribution in [0.1, 0.15) is 71.1 Å². The van der Waals surface area contributed by atoms with Crippen molar-refractivity contribution in [2.45, 2.75) is 71.1 Å². The number of hydrogen-bond donors (Lipinski definition) is 1. The molecule has 124 valence electrons. The molecule has 1 saturated carbocycles. The first-order chi connectivity index (χ1) is 10.9. The molecule has 2 heteroatoms. The molecule has 1 fully saturated rings. The van der Waals surface area contributed by atoms with E-state index in [0.717, 1.165) is 24.8 Å². The molecule has 2 nitrogen and oxygen atoms in total. The number of hydrogen-bond acceptors (Lipinski definition) is 2. The molecule has 0 spiro atoms. The van der Waals surface area contributed by atoms with Crippen LogP contribution in [0.4, 0.5) is 5.69 Å². The Balaban J connectivity index is 1.60. The van der Waals surface area contributed by atoms with Gasteiger partial charge in [0.25, 0.3) is 0 Å². The van der Waals surface area contributed by atoms with Gasteiger partial charge in [-0.3, -0.25) is 0 Å². The lowest BCUT2D eigenvalue weighted by molar-refractivity contribution is 0.304. The predicted octanol–water partition coefficient (Wildman–Crippen LogP) is 6.03. The average molecular weight is 303 g/mol. The second-order valence-electron chi connectivity index (χ2n) is 6.67. The van der Waals surface area contributed by atoms with Crippen molar-refractivity contribution in [2.24, 2.45) is 5.92 Å². The van der Waals surface area contributed by atoms with Crippen LogP contribution in [0.25, 0.3) is 0 Å². The van der Waals surface area contributed by atoms with Gasteiger partial charge in [0.05, 0.1) is 6.61 Å². The summed E-state index contributed by atoms with van der Waals surface area (Å²) in [6, 6.07) is 8.48. The summed E-state index contributed by atoms with van der Waals surface area (Å²) in [6.45, 7) is 4.22. The minimum absolute atomic E-state index is 0.846. The topological polar surface area (TPSA) is 21.3 Å². The maximum atomic E-state index is 5.81. The molecular weight excluding hydrogens is 270 g/mol. The smallest absolute Gasteiger partial charge is 0.119 e. The van der Waals surface area contributed by atoms with Gasteiger partial charge < -0.3 is 10.1 Å². The lowest BCUT2D eigenvalue weighted by Crippen LogP contribution is -2.16. The molecule has 0 aliphatic heterocycles. The van der Waals surface area contributed by atoms with E-state index in [9.17, 15) is 0 Å². The van der Waals surface area contributed by atoms with Crippen molar-refractivity contribution < 1.29 is 4.74 Å². The van der Waals surface area contributed by atoms with Crippen LogP contribution in [-0.2, 0) is 0 Å². The van der Waals surface area contributed by atoms with E-state index in [1.54, 1.807) is 0 Å². The van der Waals surface area contributed by atoms with Gasteiger partial charge in [-0.15, -0.1) is 0 Å². The van der Waals surface area contributed by atoms with Crippen molar-refractivity contribution in [3.63, 3.8) is 0 Å². The Morgan fingerprint density at radius 1 is 0.955 bits per heavy atom. The Hall–Kier alpha value is -1.18. The highest BCUT2D eigenvalue weighted by atomic mass is 16.5. The molecule has 22 heavy (non-hydrogen) atoms. The Bertz CT molecular complexity index is 381. The highest BCUT2D eigenvalue weighted by molar-refractivity contribution is 5.46. The molecule has 0 atom stereocenters. The van der Waals surface area contributed by atoms with Crippen molar-refractivity contribution in [3.05, 3.63) is 24.3 Å². The van der Waals surface area contributed by atoms with Crippen molar-refractivity contribution in [3.8, 4) is 5.75 Å². The molecule has 0 heterocycles. The first-order valence-electron chi connectivity index (χ1n) is 9.35. The average Bonchev–Trinajstić information content (AvgIpc) is 2.58. The van der Waals surface area contributed by atoms with E-state index in [1.165, 1.54) is 69.9 Å². The van der Waals surface area contributed by atoms with Crippen LogP contribution in [0.2, 0.25) is 0 Å². The molecule has 1 aliphatic rings. The monoisotopic (exact) mass is 303 g/mol. The Kier molecular flexibility index (Phi) is 8.22. The predicted molar refractivity (Wildman–Crippen MR) is 95.8 cm³/mol. The first kappa shape index (κ1) is 17.2. The largest absolute Gasteiger partial charge is 0.494 e. The van der Waals surface area contributed by atoms with Gasteiger partial charge in [0.2, 0.25) is 0 Å². The Labute approximate surface area is 136 Å². The van der Waals surface area contributed by atoms with Crippen LogP contribution < -0.4 is 10.1 Å². The lowest BCUT2D eigenvalue weighted by atomic mass is 9.89. The second-order valence-corrected chi connectivity index (χ2v) is 6.67. The molecule has 0 radical (unpaired) electrons. The number of anilines is 1. The summed E-state index contributed by atoms with van der Waals surface area (Å²) < 4.78 is 5.81. The highest BCUT2D eigenvalue weighted by Gasteiger charge is 2.12. The zero-order valence-corrected chi connectivity index (χ0v) is 14.3. The number of benzene rings is 1. The van der Waals surface area contributed by atoms with Crippen LogP contribution in [-0.4, -0.2) is 13.2 Å². The van der Waals surface area contributed by atoms with Crippen LogP contribution in [0.3, 0.4) is 0 Å². The molecule has 2 rings (SSSR count). The van der Waals surface area contributed by atoms with Crippen molar-refractivity contribution >= 4 is 5.69 Å². The third-order valence-electron chi connectivity index (χ3n) is 4.69. The van der Waals surface area contributed by atoms with E-state index in [1.807, 2.05) is 0 Å². The van der Waals surface area contributed by atoms with Crippen molar-refractivity contribution in [2.75, 3.05) is 18.5 Å². The molecule has 0 unspecified atom stereocenters. The standard InChI is InChI=1S/C20H33NO/c1-2-3-4-5-9-16-22-20-14-12-19(13-15-20)21-17-18-10-7-6-8-11-18/h12-15,18,21H,2-11,16-17H2,1H3. The third-order valence-corrected chi connectivity index (χ3v) is 4.69. The highest BCUT2D eigenvalue weighted by Crippen LogP contribution is 2.24. The van der Waals surface area contributed by atoms with Gasteiger partial charge in [-0.1, -0.05) is 51.9 Å². The van der Waals surface area contributed by atoms with Crippen LogP contribution in [0.5, 0.6) is 5.75 Å². The number of ether oxygens (including phenoxy) is 1. The van der Waals surface area contributed by atoms with E-state index in [2.05, 4.69) is 36.5 Å². The van der Waals surface area contributed by atoms with Crippen LogP contribution in [0.15, 0.2) is 24.3 Å². The number of unbranched alkanes of at least 4 members (excludes halogenated alkanes) is 4. The van der Waals surface area contributed by atoms with Gasteiger partial charge in [0.15, 0.2) is 0 Å². The first-order valence-corrected chi connectivity index (χ1v) is 9.35. The van der Waals surface area contributed by atoms with Gasteiger partial charge >= 0.3 is 0 Å². The zero-order valence-electron chi connectivity index (χ0n) is 14.3. The fourth-order valence-corrected chi connectivity index (χ4v) is 3.22. The maximum absolute atomic E-state index is 5.81. The summed E-state index contributed by atoms with van der Waals surface area (Å²) in [4.78, 5) is 0. The molecule has 0 bridgehead atoms. The quantitative estimate of drug-likeness (QED) is 0.533. The van der Waals surface area contributed by atoms with Crippen molar-refractivity contribution in [1.29, 1.82) is 0 Å².